The predicted molar refractivity (Wildman–Crippen MR) is 125 cm³/mol. The Kier molecular flexibility index (Phi) is 5.86. The van der Waals surface area contributed by atoms with Gasteiger partial charge in [-0.1, -0.05) is 17.1 Å². The number of fused-ring (bicyclic) bond motifs is 3. The fraction of sp³-hybridized carbons (Fsp3) is 0.500. The van der Waals surface area contributed by atoms with E-state index in [0.717, 1.165) is 35.9 Å². The summed E-state index contributed by atoms with van der Waals surface area (Å²) >= 11 is 0. The number of benzene rings is 1. The van der Waals surface area contributed by atoms with Crippen LogP contribution in [0.3, 0.4) is 0 Å². The van der Waals surface area contributed by atoms with Crippen LogP contribution in [0.15, 0.2) is 29.3 Å². The first kappa shape index (κ1) is 22.5. The van der Waals surface area contributed by atoms with Crippen LogP contribution in [0.25, 0.3) is 5.69 Å². The molecule has 1 aromatic carbocycles. The van der Waals surface area contributed by atoms with Crippen molar-refractivity contribution in [2.45, 2.75) is 26.8 Å². The lowest BCUT2D eigenvalue weighted by molar-refractivity contribution is -0.682. The van der Waals surface area contributed by atoms with Crippen LogP contribution in [0.5, 0.6) is 5.75 Å². The van der Waals surface area contributed by atoms with Crippen molar-refractivity contribution in [1.29, 1.82) is 0 Å². The van der Waals surface area contributed by atoms with Crippen LogP contribution in [-0.4, -0.2) is 90.1 Å². The zero-order chi connectivity index (χ0) is 24.0. The number of urea groups is 1. The summed E-state index contributed by atoms with van der Waals surface area (Å²) in [6.45, 7) is 10.4. The van der Waals surface area contributed by atoms with E-state index in [2.05, 4.69) is 4.90 Å². The standard InChI is InChI=1S/C24H31N6O4/c1-5-34-19-9-7-6-8-18(19)29-16(2)17(3)30-20-21(25-23(29)30)26(4)24(32)28(22(20)31)11-10-27-12-14-33-15-13-27/h6-9,20H,5,10-15H2,1-4H3/q+1. The Bertz CT molecular complexity index is 1170. The van der Waals surface area contributed by atoms with Gasteiger partial charge in [0.2, 0.25) is 11.9 Å². The normalized spacial score (nSPS) is 20.5. The summed E-state index contributed by atoms with van der Waals surface area (Å²) in [5, 5.41) is 0. The van der Waals surface area contributed by atoms with Crippen molar-refractivity contribution in [2.75, 3.05) is 53.0 Å². The second-order valence-corrected chi connectivity index (χ2v) is 8.73. The van der Waals surface area contributed by atoms with E-state index in [9.17, 15) is 9.59 Å². The number of hydrogen-bond acceptors (Lipinski definition) is 6. The van der Waals surface area contributed by atoms with E-state index in [-0.39, 0.29) is 11.9 Å². The molecule has 3 aliphatic heterocycles. The van der Waals surface area contributed by atoms with Crippen molar-refractivity contribution in [3.05, 3.63) is 35.7 Å². The highest BCUT2D eigenvalue weighted by atomic mass is 16.5. The number of ether oxygens (including phenoxy) is 2. The Morgan fingerprint density at radius 2 is 1.88 bits per heavy atom. The number of carbonyl (C=O) groups excluding carboxylic acids is 2. The van der Waals surface area contributed by atoms with Crippen LogP contribution in [-0.2, 0) is 9.53 Å². The molecule has 1 aromatic heterocycles. The summed E-state index contributed by atoms with van der Waals surface area (Å²) in [6.07, 6.45) is 0. The Labute approximate surface area is 199 Å². The number of rotatable bonds is 6. The third-order valence-corrected chi connectivity index (χ3v) is 6.86. The van der Waals surface area contributed by atoms with Crippen LogP contribution < -0.4 is 9.30 Å². The average molecular weight is 468 g/mol. The third-order valence-electron chi connectivity index (χ3n) is 6.86. The second kappa shape index (κ2) is 8.84. The van der Waals surface area contributed by atoms with Gasteiger partial charge in [-0.2, -0.15) is 4.57 Å². The van der Waals surface area contributed by atoms with Gasteiger partial charge in [0, 0.05) is 33.2 Å². The van der Waals surface area contributed by atoms with Gasteiger partial charge in [0.25, 0.3) is 5.91 Å². The molecular weight excluding hydrogens is 436 g/mol. The number of morpholine rings is 1. The summed E-state index contributed by atoms with van der Waals surface area (Å²) in [4.78, 5) is 36.7. The van der Waals surface area contributed by atoms with E-state index < -0.39 is 6.04 Å². The lowest BCUT2D eigenvalue weighted by atomic mass is 10.1. The summed E-state index contributed by atoms with van der Waals surface area (Å²) < 4.78 is 15.2. The minimum Gasteiger partial charge on any atom is -0.490 e. The van der Waals surface area contributed by atoms with Gasteiger partial charge in [0.1, 0.15) is 17.1 Å². The van der Waals surface area contributed by atoms with Gasteiger partial charge in [-0.25, -0.2) is 9.36 Å². The van der Waals surface area contributed by atoms with Crippen molar-refractivity contribution in [1.82, 2.24) is 19.3 Å². The summed E-state index contributed by atoms with van der Waals surface area (Å²) in [5.74, 6) is 1.57. The highest BCUT2D eigenvalue weighted by Gasteiger charge is 2.54. The largest absolute Gasteiger partial charge is 0.490 e. The Hall–Kier alpha value is -3.24. The number of carbonyl (C=O) groups is 2. The fourth-order valence-electron chi connectivity index (χ4n) is 4.92. The monoisotopic (exact) mass is 467 g/mol. The van der Waals surface area contributed by atoms with Crippen molar-refractivity contribution >= 4 is 23.7 Å². The first-order valence-corrected chi connectivity index (χ1v) is 11.8. The van der Waals surface area contributed by atoms with Crippen LogP contribution >= 0.6 is 0 Å². The van der Waals surface area contributed by atoms with E-state index >= 15 is 0 Å². The molecule has 1 atom stereocenters. The predicted octanol–water partition coefficient (Wildman–Crippen LogP) is 1.59. The minimum absolute atomic E-state index is 0.239. The molecule has 2 saturated heterocycles. The van der Waals surface area contributed by atoms with Crippen LogP contribution in [0, 0.1) is 13.8 Å². The zero-order valence-electron chi connectivity index (χ0n) is 20.2. The molecule has 4 heterocycles. The number of aliphatic imine (C=N–C) groups is 1. The smallest absolute Gasteiger partial charge is 0.407 e. The third kappa shape index (κ3) is 3.48. The number of amidine groups is 1. The van der Waals surface area contributed by atoms with E-state index in [0.29, 0.717) is 44.7 Å². The lowest BCUT2D eigenvalue weighted by Gasteiger charge is -2.35. The molecule has 3 amide bonds. The van der Waals surface area contributed by atoms with Gasteiger partial charge in [0.15, 0.2) is 5.75 Å². The van der Waals surface area contributed by atoms with E-state index in [1.807, 2.05) is 54.2 Å². The average Bonchev–Trinajstić information content (AvgIpc) is 3.34. The van der Waals surface area contributed by atoms with Gasteiger partial charge in [-0.3, -0.25) is 19.5 Å². The molecule has 0 spiro atoms. The molecule has 5 rings (SSSR count). The maximum Gasteiger partial charge on any atom is 0.407 e. The van der Waals surface area contributed by atoms with Crippen LogP contribution in [0.1, 0.15) is 24.4 Å². The Morgan fingerprint density at radius 3 is 2.62 bits per heavy atom. The summed E-state index contributed by atoms with van der Waals surface area (Å²) in [7, 11) is 1.69. The van der Waals surface area contributed by atoms with E-state index in [1.54, 1.807) is 7.05 Å². The van der Waals surface area contributed by atoms with Crippen molar-refractivity contribution in [3.8, 4) is 11.4 Å². The molecule has 10 heteroatoms. The molecule has 0 saturated carbocycles. The Balaban J connectivity index is 1.52. The van der Waals surface area contributed by atoms with Crippen molar-refractivity contribution < 1.29 is 23.6 Å². The fourth-order valence-corrected chi connectivity index (χ4v) is 4.92. The maximum atomic E-state index is 13.7. The molecule has 0 bridgehead atoms. The molecular formula is C24H31N6O4+. The van der Waals surface area contributed by atoms with Crippen molar-refractivity contribution in [3.63, 3.8) is 0 Å². The Morgan fingerprint density at radius 1 is 1.15 bits per heavy atom. The number of para-hydroxylation sites is 2. The molecule has 2 fully saturated rings. The second-order valence-electron chi connectivity index (χ2n) is 8.73. The number of imide groups is 1. The van der Waals surface area contributed by atoms with Gasteiger partial charge < -0.3 is 9.47 Å². The molecule has 1 unspecified atom stereocenters. The van der Waals surface area contributed by atoms with Gasteiger partial charge in [0.05, 0.1) is 19.8 Å². The van der Waals surface area contributed by atoms with Gasteiger partial charge in [-0.05, 0) is 32.9 Å². The maximum absolute atomic E-state index is 13.7. The van der Waals surface area contributed by atoms with E-state index in [1.165, 1.54) is 9.80 Å². The zero-order valence-corrected chi connectivity index (χ0v) is 20.2. The molecule has 10 nitrogen and oxygen atoms in total. The number of imidazole rings is 1. The van der Waals surface area contributed by atoms with Crippen LogP contribution in [0.2, 0.25) is 0 Å². The summed E-state index contributed by atoms with van der Waals surface area (Å²) in [6, 6.07) is 6.78. The van der Waals surface area contributed by atoms with Crippen molar-refractivity contribution in [2.24, 2.45) is 4.99 Å². The highest BCUT2D eigenvalue weighted by molar-refractivity contribution is 6.19. The SMILES string of the molecule is CCOc1ccccc1-n1c(C)c(C)[n+]2c1N=C1C2C(=O)N(CCN2CCOCC2)C(=O)N1C. The topological polar surface area (TPSA) is 83.5 Å². The number of nitrogens with zero attached hydrogens (tertiary/aromatic N) is 6. The first-order chi connectivity index (χ1) is 16.4. The molecule has 3 aliphatic rings. The summed E-state index contributed by atoms with van der Waals surface area (Å²) in [5.41, 5.74) is 2.75. The molecule has 0 N–H and O–H groups in total. The minimum atomic E-state index is -0.665. The number of likely N-dealkylation sites (N-methyl/N-ethyl adjacent to an activating group) is 1. The highest BCUT2D eigenvalue weighted by Crippen LogP contribution is 2.35. The van der Waals surface area contributed by atoms with E-state index in [4.69, 9.17) is 14.5 Å². The first-order valence-electron chi connectivity index (χ1n) is 11.8. The number of hydrogen-bond donors (Lipinski definition) is 0. The number of amides is 3. The quantitative estimate of drug-likeness (QED) is 0.603. The van der Waals surface area contributed by atoms with Gasteiger partial charge >= 0.3 is 12.0 Å². The molecule has 2 aromatic rings. The molecule has 34 heavy (non-hydrogen) atoms. The number of aromatic nitrogens is 2. The molecule has 0 radical (unpaired) electrons. The molecule has 180 valence electrons. The lowest BCUT2D eigenvalue weighted by Crippen LogP contribution is -2.64. The van der Waals surface area contributed by atoms with Crippen LogP contribution in [0.4, 0.5) is 10.7 Å². The van der Waals surface area contributed by atoms with Gasteiger partial charge in [-0.15, -0.1) is 0 Å². The molecule has 0 aliphatic carbocycles.